The lowest BCUT2D eigenvalue weighted by atomic mass is 10.1. The predicted octanol–water partition coefficient (Wildman–Crippen LogP) is 1.77. The number of carbonyl (C=O) groups is 1. The van der Waals surface area contributed by atoms with Crippen LogP contribution in [0, 0.1) is 0 Å². The molecule has 1 aliphatic heterocycles. The fourth-order valence-electron chi connectivity index (χ4n) is 1.69. The third-order valence-electron chi connectivity index (χ3n) is 2.50. The third kappa shape index (κ3) is 2.29. The first-order valence-electron chi connectivity index (χ1n) is 4.90. The highest BCUT2D eigenvalue weighted by atomic mass is 19.3. The molecule has 0 saturated carbocycles. The standard InChI is InChI=1S/C11H11F2NO2/c12-11(13)6-14(7-11)9-3-1-8(2-4-9)5-10(15)16/h1-4H,5-7H2,(H,15,16). The first-order chi connectivity index (χ1) is 7.46. The number of halogens is 2. The van der Waals surface area contributed by atoms with E-state index in [0.29, 0.717) is 11.3 Å². The number of rotatable bonds is 3. The smallest absolute Gasteiger partial charge is 0.307 e. The molecule has 0 bridgehead atoms. The minimum Gasteiger partial charge on any atom is -0.481 e. The molecule has 1 saturated heterocycles. The van der Waals surface area contributed by atoms with E-state index in [4.69, 9.17) is 5.11 Å². The number of benzene rings is 1. The van der Waals surface area contributed by atoms with Crippen LogP contribution in [-0.4, -0.2) is 30.1 Å². The number of carboxylic acids is 1. The van der Waals surface area contributed by atoms with Crippen molar-refractivity contribution in [1.29, 1.82) is 0 Å². The SMILES string of the molecule is O=C(O)Cc1ccc(N2CC(F)(F)C2)cc1. The van der Waals surface area contributed by atoms with E-state index >= 15 is 0 Å². The molecular weight excluding hydrogens is 216 g/mol. The molecule has 1 N–H and O–H groups in total. The molecule has 1 aromatic carbocycles. The second-order valence-corrected chi connectivity index (χ2v) is 3.95. The molecule has 0 unspecified atom stereocenters. The van der Waals surface area contributed by atoms with E-state index in [9.17, 15) is 13.6 Å². The van der Waals surface area contributed by atoms with E-state index in [-0.39, 0.29) is 19.5 Å². The van der Waals surface area contributed by atoms with E-state index in [1.54, 1.807) is 29.2 Å². The summed E-state index contributed by atoms with van der Waals surface area (Å²) in [6.45, 7) is -0.517. The highest BCUT2D eigenvalue weighted by Crippen LogP contribution is 2.31. The highest BCUT2D eigenvalue weighted by Gasteiger charge is 2.43. The number of hydrogen-bond donors (Lipinski definition) is 1. The Morgan fingerprint density at radius 3 is 2.31 bits per heavy atom. The molecule has 0 atom stereocenters. The zero-order valence-corrected chi connectivity index (χ0v) is 8.49. The quantitative estimate of drug-likeness (QED) is 0.855. The minimum atomic E-state index is -2.58. The Kier molecular flexibility index (Phi) is 2.53. The van der Waals surface area contributed by atoms with E-state index in [1.807, 2.05) is 0 Å². The molecule has 0 aromatic heterocycles. The van der Waals surface area contributed by atoms with E-state index in [1.165, 1.54) is 0 Å². The molecule has 86 valence electrons. The summed E-state index contributed by atoms with van der Waals surface area (Å²) in [5.41, 5.74) is 1.38. The van der Waals surface area contributed by atoms with Crippen LogP contribution in [0.3, 0.4) is 0 Å². The van der Waals surface area contributed by atoms with Gasteiger partial charge in [-0.25, -0.2) is 8.78 Å². The molecule has 1 aliphatic rings. The average molecular weight is 227 g/mol. The molecule has 0 amide bonds. The zero-order valence-electron chi connectivity index (χ0n) is 8.49. The molecular formula is C11H11F2NO2. The lowest BCUT2D eigenvalue weighted by molar-refractivity contribution is -0.136. The molecule has 0 spiro atoms. The molecule has 0 aliphatic carbocycles. The Morgan fingerprint density at radius 1 is 1.31 bits per heavy atom. The van der Waals surface area contributed by atoms with Gasteiger partial charge in [-0.15, -0.1) is 0 Å². The topological polar surface area (TPSA) is 40.5 Å². The van der Waals surface area contributed by atoms with Gasteiger partial charge in [0.1, 0.15) is 0 Å². The van der Waals surface area contributed by atoms with Gasteiger partial charge in [0, 0.05) is 5.69 Å². The van der Waals surface area contributed by atoms with Crippen LogP contribution in [-0.2, 0) is 11.2 Å². The van der Waals surface area contributed by atoms with Crippen molar-refractivity contribution in [3.8, 4) is 0 Å². The molecule has 3 nitrogen and oxygen atoms in total. The number of alkyl halides is 2. The number of anilines is 1. The number of hydrogen-bond acceptors (Lipinski definition) is 2. The number of aliphatic carboxylic acids is 1. The van der Waals surface area contributed by atoms with Crippen molar-refractivity contribution in [1.82, 2.24) is 0 Å². The molecule has 0 radical (unpaired) electrons. The Morgan fingerprint density at radius 2 is 1.88 bits per heavy atom. The number of nitrogens with zero attached hydrogens (tertiary/aromatic N) is 1. The summed E-state index contributed by atoms with van der Waals surface area (Å²) in [5, 5.41) is 8.56. The Bertz CT molecular complexity index is 395. The summed E-state index contributed by atoms with van der Waals surface area (Å²) >= 11 is 0. The molecule has 16 heavy (non-hydrogen) atoms. The van der Waals surface area contributed by atoms with Crippen molar-refractivity contribution in [2.75, 3.05) is 18.0 Å². The van der Waals surface area contributed by atoms with Gasteiger partial charge < -0.3 is 10.0 Å². The van der Waals surface area contributed by atoms with Crippen molar-refractivity contribution >= 4 is 11.7 Å². The van der Waals surface area contributed by atoms with E-state index in [0.717, 1.165) is 0 Å². The molecule has 1 aromatic rings. The van der Waals surface area contributed by atoms with Crippen LogP contribution in [0.25, 0.3) is 0 Å². The van der Waals surface area contributed by atoms with Gasteiger partial charge in [-0.2, -0.15) is 0 Å². The summed E-state index contributed by atoms with van der Waals surface area (Å²) in [6, 6.07) is 6.65. The van der Waals surface area contributed by atoms with Crippen LogP contribution in [0.4, 0.5) is 14.5 Å². The van der Waals surface area contributed by atoms with Crippen LogP contribution < -0.4 is 4.90 Å². The largest absolute Gasteiger partial charge is 0.481 e. The zero-order chi connectivity index (χ0) is 11.8. The lowest BCUT2D eigenvalue weighted by Crippen LogP contribution is -2.56. The average Bonchev–Trinajstić information content (AvgIpc) is 2.14. The summed E-state index contributed by atoms with van der Waals surface area (Å²) in [4.78, 5) is 12.0. The second kappa shape index (κ2) is 3.73. The first-order valence-corrected chi connectivity index (χ1v) is 4.90. The third-order valence-corrected chi connectivity index (χ3v) is 2.50. The fraction of sp³-hybridized carbons (Fsp3) is 0.364. The first kappa shape index (κ1) is 10.9. The summed E-state index contributed by atoms with van der Waals surface area (Å²) < 4.78 is 25.2. The van der Waals surface area contributed by atoms with Crippen molar-refractivity contribution in [3.05, 3.63) is 29.8 Å². The van der Waals surface area contributed by atoms with Crippen molar-refractivity contribution in [2.24, 2.45) is 0 Å². The minimum absolute atomic E-state index is 0.0452. The van der Waals surface area contributed by atoms with Gasteiger partial charge in [-0.3, -0.25) is 4.79 Å². The summed E-state index contributed by atoms with van der Waals surface area (Å²) in [5.74, 6) is -3.48. The molecule has 5 heteroatoms. The van der Waals surface area contributed by atoms with Crippen molar-refractivity contribution in [3.63, 3.8) is 0 Å². The Labute approximate surface area is 91.3 Å². The van der Waals surface area contributed by atoms with Gasteiger partial charge in [0.15, 0.2) is 0 Å². The molecule has 1 heterocycles. The van der Waals surface area contributed by atoms with Gasteiger partial charge in [0.05, 0.1) is 19.5 Å². The van der Waals surface area contributed by atoms with E-state index < -0.39 is 11.9 Å². The van der Waals surface area contributed by atoms with E-state index in [2.05, 4.69) is 0 Å². The van der Waals surface area contributed by atoms with Crippen molar-refractivity contribution < 1.29 is 18.7 Å². The lowest BCUT2D eigenvalue weighted by Gasteiger charge is -2.40. The normalized spacial score (nSPS) is 18.0. The van der Waals surface area contributed by atoms with Gasteiger partial charge >= 0.3 is 5.97 Å². The van der Waals surface area contributed by atoms with Gasteiger partial charge in [-0.1, -0.05) is 12.1 Å². The van der Waals surface area contributed by atoms with Crippen LogP contribution in [0.5, 0.6) is 0 Å². The van der Waals surface area contributed by atoms with Crippen LogP contribution >= 0.6 is 0 Å². The van der Waals surface area contributed by atoms with Crippen LogP contribution in [0.2, 0.25) is 0 Å². The summed E-state index contributed by atoms with van der Waals surface area (Å²) in [7, 11) is 0. The van der Waals surface area contributed by atoms with Gasteiger partial charge in [0.25, 0.3) is 5.92 Å². The fourth-order valence-corrected chi connectivity index (χ4v) is 1.69. The Hall–Kier alpha value is -1.65. The van der Waals surface area contributed by atoms with Crippen LogP contribution in [0.15, 0.2) is 24.3 Å². The second-order valence-electron chi connectivity index (χ2n) is 3.95. The Balaban J connectivity index is 2.01. The van der Waals surface area contributed by atoms with Crippen LogP contribution in [0.1, 0.15) is 5.56 Å². The van der Waals surface area contributed by atoms with Gasteiger partial charge in [-0.05, 0) is 17.7 Å². The number of carboxylic acid groups (broad SMARTS) is 1. The maximum absolute atomic E-state index is 12.6. The molecule has 2 rings (SSSR count). The summed E-state index contributed by atoms with van der Waals surface area (Å²) in [6.07, 6.45) is -0.0452. The monoisotopic (exact) mass is 227 g/mol. The van der Waals surface area contributed by atoms with Gasteiger partial charge in [0.2, 0.25) is 0 Å². The highest BCUT2D eigenvalue weighted by molar-refractivity contribution is 5.70. The molecule has 1 fully saturated rings. The maximum Gasteiger partial charge on any atom is 0.307 e. The maximum atomic E-state index is 12.6. The predicted molar refractivity (Wildman–Crippen MR) is 54.9 cm³/mol. The van der Waals surface area contributed by atoms with Crippen molar-refractivity contribution in [2.45, 2.75) is 12.3 Å².